The zero-order chi connectivity index (χ0) is 31.6. The fourth-order valence-corrected chi connectivity index (χ4v) is 6.90. The van der Waals surface area contributed by atoms with Crippen LogP contribution in [-0.2, 0) is 36.0 Å². The lowest BCUT2D eigenvalue weighted by molar-refractivity contribution is 0.224. The Hall–Kier alpha value is -3.87. The molecule has 0 saturated heterocycles. The van der Waals surface area contributed by atoms with E-state index in [1.54, 1.807) is 0 Å². The molecule has 1 atom stereocenters. The molecule has 44 heavy (non-hydrogen) atoms. The van der Waals surface area contributed by atoms with Crippen molar-refractivity contribution in [3.05, 3.63) is 100 Å². The summed E-state index contributed by atoms with van der Waals surface area (Å²) in [6, 6.07) is 7.96. The van der Waals surface area contributed by atoms with Gasteiger partial charge in [0.05, 0.1) is 17.8 Å². The number of hydrogen-bond acceptors (Lipinski definition) is 4. The second kappa shape index (κ2) is 13.0. The first-order valence-corrected chi connectivity index (χ1v) is 15.9. The first-order valence-electron chi connectivity index (χ1n) is 15.9. The standard InChI is InChI=1S/C37H44F2N4O/c1-8-12-23(4)37(21-32-29(18-25(6)44-10-3)20-33(38)26(7)34(32)39)15-11-16-43-35(41-42-36(37)43)28-13-14-31(27(9-2)19-28)30-17-24(5)40-22-30/h13-14,19-20,22H,4,6,8-12,15-18,21H2,1-3,5,7H3. The van der Waals surface area contributed by atoms with Gasteiger partial charge in [-0.2, -0.15) is 0 Å². The molecule has 0 aliphatic carbocycles. The molecule has 5 nitrogen and oxygen atoms in total. The number of aromatic nitrogens is 3. The summed E-state index contributed by atoms with van der Waals surface area (Å²) in [6.45, 7) is 19.5. The lowest BCUT2D eigenvalue weighted by Gasteiger charge is -2.39. The third-order valence-electron chi connectivity index (χ3n) is 9.23. The van der Waals surface area contributed by atoms with E-state index in [1.807, 2.05) is 13.1 Å². The monoisotopic (exact) mass is 598 g/mol. The Bertz CT molecular complexity index is 1660. The molecule has 0 amide bonds. The smallest absolute Gasteiger partial charge is 0.163 e. The summed E-state index contributed by atoms with van der Waals surface area (Å²) in [5, 5.41) is 9.58. The second-order valence-electron chi connectivity index (χ2n) is 12.2. The maximum Gasteiger partial charge on any atom is 0.163 e. The predicted octanol–water partition coefficient (Wildman–Crippen LogP) is 9.02. The molecule has 1 aromatic heterocycles. The van der Waals surface area contributed by atoms with Crippen LogP contribution in [0.3, 0.4) is 0 Å². The molecule has 3 heterocycles. The number of aryl methyl sites for hydroxylation is 1. The highest BCUT2D eigenvalue weighted by Gasteiger charge is 2.44. The van der Waals surface area contributed by atoms with Gasteiger partial charge in [0, 0.05) is 42.4 Å². The predicted molar refractivity (Wildman–Crippen MR) is 175 cm³/mol. The van der Waals surface area contributed by atoms with Gasteiger partial charge in [-0.15, -0.1) is 10.2 Å². The topological polar surface area (TPSA) is 52.3 Å². The van der Waals surface area contributed by atoms with Crippen LogP contribution in [0.2, 0.25) is 0 Å². The van der Waals surface area contributed by atoms with Crippen molar-refractivity contribution in [3.8, 4) is 11.4 Å². The molecule has 0 spiro atoms. The van der Waals surface area contributed by atoms with Gasteiger partial charge >= 0.3 is 0 Å². The highest BCUT2D eigenvalue weighted by atomic mass is 19.1. The third kappa shape index (κ3) is 5.81. The van der Waals surface area contributed by atoms with Gasteiger partial charge in [-0.1, -0.05) is 51.1 Å². The van der Waals surface area contributed by atoms with E-state index in [4.69, 9.17) is 14.9 Å². The number of hydrogen-bond donors (Lipinski definition) is 0. The molecule has 2 aliphatic heterocycles. The number of benzene rings is 2. The minimum Gasteiger partial charge on any atom is -0.498 e. The van der Waals surface area contributed by atoms with Crippen molar-refractivity contribution in [3.63, 3.8) is 0 Å². The van der Waals surface area contributed by atoms with Crippen LogP contribution in [0.5, 0.6) is 0 Å². The number of aliphatic imine (C=N–C) groups is 1. The van der Waals surface area contributed by atoms with Crippen LogP contribution in [-0.4, -0.2) is 27.1 Å². The van der Waals surface area contributed by atoms with Crippen molar-refractivity contribution < 1.29 is 13.5 Å². The Morgan fingerprint density at radius 3 is 2.55 bits per heavy atom. The SMILES string of the molecule is C=C(Cc1cc(F)c(C)c(F)c1CC1(C(=C)CCC)CCCn2c(-c3ccc(C4=CN=C(C)C4)c(CC)c3)nnc21)OCC. The van der Waals surface area contributed by atoms with E-state index in [1.165, 1.54) is 29.7 Å². The van der Waals surface area contributed by atoms with E-state index in [-0.39, 0.29) is 12.0 Å². The summed E-state index contributed by atoms with van der Waals surface area (Å²) in [4.78, 5) is 4.49. The maximum atomic E-state index is 16.1. The molecule has 1 unspecified atom stereocenters. The van der Waals surface area contributed by atoms with Crippen molar-refractivity contribution in [1.82, 2.24) is 14.8 Å². The summed E-state index contributed by atoms with van der Waals surface area (Å²) in [6.07, 6.45) is 7.59. The van der Waals surface area contributed by atoms with Gasteiger partial charge in [0.15, 0.2) is 5.82 Å². The van der Waals surface area contributed by atoms with Gasteiger partial charge in [0.1, 0.15) is 17.5 Å². The summed E-state index contributed by atoms with van der Waals surface area (Å²) < 4.78 is 38.7. The highest BCUT2D eigenvalue weighted by Crippen LogP contribution is 2.46. The molecule has 0 N–H and O–H groups in total. The molecular formula is C37H44F2N4O. The molecule has 5 rings (SSSR count). The highest BCUT2D eigenvalue weighted by molar-refractivity contribution is 5.97. The molecule has 0 bridgehead atoms. The Kier molecular flexibility index (Phi) is 9.33. The van der Waals surface area contributed by atoms with Crippen LogP contribution in [0.25, 0.3) is 17.0 Å². The first-order chi connectivity index (χ1) is 21.1. The average Bonchev–Trinajstić information content (AvgIpc) is 3.65. The Morgan fingerprint density at radius 1 is 1.07 bits per heavy atom. The average molecular weight is 599 g/mol. The molecule has 0 saturated carbocycles. The zero-order valence-corrected chi connectivity index (χ0v) is 26.8. The molecular weight excluding hydrogens is 554 g/mol. The Labute approximate surface area is 260 Å². The van der Waals surface area contributed by atoms with Crippen LogP contribution in [0.1, 0.15) is 93.4 Å². The molecule has 0 radical (unpaired) electrons. The van der Waals surface area contributed by atoms with Gasteiger partial charge in [-0.05, 0) is 92.8 Å². The van der Waals surface area contributed by atoms with Crippen molar-refractivity contribution >= 4 is 11.3 Å². The number of allylic oxidation sites excluding steroid dienone is 3. The van der Waals surface area contributed by atoms with Gasteiger partial charge < -0.3 is 9.30 Å². The maximum absolute atomic E-state index is 16.1. The minimum absolute atomic E-state index is 0.0187. The van der Waals surface area contributed by atoms with Crippen LogP contribution in [0.4, 0.5) is 8.78 Å². The second-order valence-corrected chi connectivity index (χ2v) is 12.2. The molecule has 2 aromatic carbocycles. The van der Waals surface area contributed by atoms with E-state index < -0.39 is 17.0 Å². The lowest BCUT2D eigenvalue weighted by atomic mass is 9.68. The minimum atomic E-state index is -0.649. The summed E-state index contributed by atoms with van der Waals surface area (Å²) in [5.74, 6) is 1.01. The number of rotatable bonds is 12. The van der Waals surface area contributed by atoms with Crippen LogP contribution < -0.4 is 0 Å². The zero-order valence-electron chi connectivity index (χ0n) is 26.8. The fraction of sp³-hybridized carbons (Fsp3) is 0.432. The van der Waals surface area contributed by atoms with Crippen LogP contribution in [0.15, 0.2) is 59.9 Å². The van der Waals surface area contributed by atoms with Crippen LogP contribution in [0, 0.1) is 18.6 Å². The number of nitrogens with zero attached hydrogens (tertiary/aromatic N) is 4. The molecule has 0 fully saturated rings. The molecule has 7 heteroatoms. The van der Waals surface area contributed by atoms with Gasteiger partial charge in [-0.25, -0.2) is 8.78 Å². The van der Waals surface area contributed by atoms with E-state index in [2.05, 4.69) is 61.7 Å². The van der Waals surface area contributed by atoms with Gasteiger partial charge in [-0.3, -0.25) is 4.99 Å². The van der Waals surface area contributed by atoms with E-state index in [0.717, 1.165) is 73.6 Å². The molecule has 2 aliphatic rings. The van der Waals surface area contributed by atoms with Gasteiger partial charge in [0.2, 0.25) is 0 Å². The van der Waals surface area contributed by atoms with E-state index in [9.17, 15) is 4.39 Å². The molecule has 232 valence electrons. The lowest BCUT2D eigenvalue weighted by Crippen LogP contribution is -2.39. The van der Waals surface area contributed by atoms with Crippen molar-refractivity contribution in [1.29, 1.82) is 0 Å². The van der Waals surface area contributed by atoms with Crippen molar-refractivity contribution in [2.75, 3.05) is 6.61 Å². The van der Waals surface area contributed by atoms with Gasteiger partial charge in [0.25, 0.3) is 0 Å². The largest absolute Gasteiger partial charge is 0.498 e. The Balaban J connectivity index is 1.61. The van der Waals surface area contributed by atoms with Crippen LogP contribution >= 0.6 is 0 Å². The Morgan fingerprint density at radius 2 is 1.86 bits per heavy atom. The third-order valence-corrected chi connectivity index (χ3v) is 9.23. The van der Waals surface area contributed by atoms with E-state index >= 15 is 4.39 Å². The summed E-state index contributed by atoms with van der Waals surface area (Å²) in [7, 11) is 0. The number of halogens is 2. The quantitative estimate of drug-likeness (QED) is 0.154. The van der Waals surface area contributed by atoms with E-state index in [0.29, 0.717) is 29.9 Å². The van der Waals surface area contributed by atoms with Crippen molar-refractivity contribution in [2.45, 2.75) is 97.9 Å². The van der Waals surface area contributed by atoms with Crippen molar-refractivity contribution in [2.24, 2.45) is 4.99 Å². The summed E-state index contributed by atoms with van der Waals surface area (Å²) in [5.41, 5.74) is 7.24. The summed E-state index contributed by atoms with van der Waals surface area (Å²) >= 11 is 0. The number of ether oxygens (including phenoxy) is 1. The molecule has 3 aromatic rings. The fourth-order valence-electron chi connectivity index (χ4n) is 6.90. The normalized spacial score (nSPS) is 17.7. The first kappa shape index (κ1) is 31.6. The number of fused-ring (bicyclic) bond motifs is 1.